The quantitative estimate of drug-likeness (QED) is 0.936. The van der Waals surface area contributed by atoms with Crippen LogP contribution in [0.25, 0.3) is 0 Å². The van der Waals surface area contributed by atoms with Crippen molar-refractivity contribution in [3.05, 3.63) is 65.7 Å². The molecule has 3 nitrogen and oxygen atoms in total. The van der Waals surface area contributed by atoms with Gasteiger partial charge in [-0.25, -0.2) is 0 Å². The summed E-state index contributed by atoms with van der Waals surface area (Å²) in [5, 5.41) is 2.98. The number of para-hydroxylation sites is 1. The highest BCUT2D eigenvalue weighted by Gasteiger charge is 2.24. The maximum absolute atomic E-state index is 12.3. The van der Waals surface area contributed by atoms with E-state index < -0.39 is 0 Å². The topological polar surface area (TPSA) is 32.3 Å². The standard InChI is InChI=1S/C18H20N2O/c1-20-12-14-7-5-6-10-17(14)15(13-20)11-18(21)19-16-8-3-2-4-9-16/h2-10,15H,11-13H2,1H3,(H,19,21). The van der Waals surface area contributed by atoms with Crippen molar-refractivity contribution in [2.75, 3.05) is 18.9 Å². The minimum Gasteiger partial charge on any atom is -0.326 e. The van der Waals surface area contributed by atoms with E-state index >= 15 is 0 Å². The molecule has 0 radical (unpaired) electrons. The Morgan fingerprint density at radius 1 is 1.14 bits per heavy atom. The molecule has 0 saturated heterocycles. The molecule has 1 unspecified atom stereocenters. The number of carbonyl (C=O) groups is 1. The van der Waals surface area contributed by atoms with Gasteiger partial charge < -0.3 is 10.2 Å². The number of nitrogens with one attached hydrogen (secondary N) is 1. The van der Waals surface area contributed by atoms with Crippen LogP contribution >= 0.6 is 0 Å². The maximum Gasteiger partial charge on any atom is 0.225 e. The van der Waals surface area contributed by atoms with Gasteiger partial charge in [0, 0.05) is 31.1 Å². The molecule has 21 heavy (non-hydrogen) atoms. The summed E-state index contributed by atoms with van der Waals surface area (Å²) in [5.74, 6) is 0.347. The summed E-state index contributed by atoms with van der Waals surface area (Å²) in [6.45, 7) is 1.90. The van der Waals surface area contributed by atoms with Crippen LogP contribution in [0.1, 0.15) is 23.5 Å². The first-order valence-corrected chi connectivity index (χ1v) is 7.33. The molecule has 2 aromatic rings. The van der Waals surface area contributed by atoms with Gasteiger partial charge in [0.1, 0.15) is 0 Å². The van der Waals surface area contributed by atoms with E-state index in [-0.39, 0.29) is 11.8 Å². The van der Waals surface area contributed by atoms with Crippen molar-refractivity contribution in [1.82, 2.24) is 4.90 Å². The molecule has 1 atom stereocenters. The van der Waals surface area contributed by atoms with Crippen LogP contribution in [0, 0.1) is 0 Å². The lowest BCUT2D eigenvalue weighted by atomic mass is 9.87. The molecule has 0 aromatic heterocycles. The normalized spacial score (nSPS) is 18.0. The van der Waals surface area contributed by atoms with Crippen molar-refractivity contribution in [2.45, 2.75) is 18.9 Å². The molecule has 3 rings (SSSR count). The van der Waals surface area contributed by atoms with Gasteiger partial charge in [-0.05, 0) is 30.3 Å². The van der Waals surface area contributed by atoms with Crippen LogP contribution in [-0.4, -0.2) is 24.4 Å². The van der Waals surface area contributed by atoms with Gasteiger partial charge in [0.2, 0.25) is 5.91 Å². The molecule has 2 aromatic carbocycles. The largest absolute Gasteiger partial charge is 0.326 e. The van der Waals surface area contributed by atoms with Crippen molar-refractivity contribution in [2.24, 2.45) is 0 Å². The van der Waals surface area contributed by atoms with Crippen LogP contribution in [0.3, 0.4) is 0 Å². The Kier molecular flexibility index (Phi) is 4.02. The zero-order valence-electron chi connectivity index (χ0n) is 12.3. The van der Waals surface area contributed by atoms with E-state index in [2.05, 4.69) is 41.5 Å². The van der Waals surface area contributed by atoms with E-state index in [4.69, 9.17) is 0 Å². The number of nitrogens with zero attached hydrogens (tertiary/aromatic N) is 1. The number of hydrogen-bond donors (Lipinski definition) is 1. The third-order valence-electron chi connectivity index (χ3n) is 3.96. The van der Waals surface area contributed by atoms with Crippen LogP contribution in [0.5, 0.6) is 0 Å². The fourth-order valence-electron chi connectivity index (χ4n) is 3.04. The second-order valence-corrected chi connectivity index (χ2v) is 5.71. The average molecular weight is 280 g/mol. The molecule has 0 bridgehead atoms. The molecule has 108 valence electrons. The minimum atomic E-state index is 0.0799. The van der Waals surface area contributed by atoms with E-state index in [1.807, 2.05) is 30.3 Å². The van der Waals surface area contributed by atoms with Gasteiger partial charge in [0.05, 0.1) is 0 Å². The Morgan fingerprint density at radius 2 is 1.86 bits per heavy atom. The Labute approximate surface area is 125 Å². The third kappa shape index (κ3) is 3.31. The monoisotopic (exact) mass is 280 g/mol. The summed E-state index contributed by atoms with van der Waals surface area (Å²) >= 11 is 0. The molecule has 0 fully saturated rings. The highest BCUT2D eigenvalue weighted by molar-refractivity contribution is 5.91. The minimum absolute atomic E-state index is 0.0799. The molecule has 3 heteroatoms. The number of carbonyl (C=O) groups excluding carboxylic acids is 1. The summed E-state index contributed by atoms with van der Waals surface area (Å²) in [6, 6.07) is 18.1. The SMILES string of the molecule is CN1Cc2ccccc2C(CC(=O)Nc2ccccc2)C1. The van der Waals surface area contributed by atoms with Crippen molar-refractivity contribution < 1.29 is 4.79 Å². The molecule has 1 amide bonds. The van der Waals surface area contributed by atoms with Gasteiger partial charge in [-0.3, -0.25) is 4.79 Å². The molecule has 0 aliphatic carbocycles. The van der Waals surface area contributed by atoms with E-state index in [0.29, 0.717) is 6.42 Å². The summed E-state index contributed by atoms with van der Waals surface area (Å²) < 4.78 is 0. The van der Waals surface area contributed by atoms with Gasteiger partial charge in [-0.2, -0.15) is 0 Å². The average Bonchev–Trinajstić information content (AvgIpc) is 2.48. The van der Waals surface area contributed by atoms with Gasteiger partial charge >= 0.3 is 0 Å². The lowest BCUT2D eigenvalue weighted by Crippen LogP contribution is -2.32. The van der Waals surface area contributed by atoms with Gasteiger partial charge in [-0.15, -0.1) is 0 Å². The fraction of sp³-hybridized carbons (Fsp3) is 0.278. The zero-order valence-corrected chi connectivity index (χ0v) is 12.3. The Balaban J connectivity index is 1.71. The number of rotatable bonds is 3. The van der Waals surface area contributed by atoms with Crippen LogP contribution in [0.2, 0.25) is 0 Å². The molecular formula is C18H20N2O. The van der Waals surface area contributed by atoms with Crippen molar-refractivity contribution in [1.29, 1.82) is 0 Å². The number of likely N-dealkylation sites (N-methyl/N-ethyl adjacent to an activating group) is 1. The molecular weight excluding hydrogens is 260 g/mol. The molecule has 1 aliphatic heterocycles. The van der Waals surface area contributed by atoms with E-state index in [1.165, 1.54) is 11.1 Å². The second-order valence-electron chi connectivity index (χ2n) is 5.71. The van der Waals surface area contributed by atoms with Crippen molar-refractivity contribution >= 4 is 11.6 Å². The molecule has 1 aliphatic rings. The van der Waals surface area contributed by atoms with Gasteiger partial charge in [0.15, 0.2) is 0 Å². The number of fused-ring (bicyclic) bond motifs is 1. The maximum atomic E-state index is 12.3. The third-order valence-corrected chi connectivity index (χ3v) is 3.96. The Morgan fingerprint density at radius 3 is 2.67 bits per heavy atom. The van der Waals surface area contributed by atoms with E-state index in [1.54, 1.807) is 0 Å². The molecule has 1 N–H and O–H groups in total. The molecule has 0 spiro atoms. The predicted octanol–water partition coefficient (Wildman–Crippen LogP) is 3.24. The van der Waals surface area contributed by atoms with Gasteiger partial charge in [0.25, 0.3) is 0 Å². The number of anilines is 1. The van der Waals surface area contributed by atoms with E-state index in [0.717, 1.165) is 18.8 Å². The molecule has 0 saturated carbocycles. The fourth-order valence-corrected chi connectivity index (χ4v) is 3.04. The summed E-state index contributed by atoms with van der Waals surface area (Å²) in [7, 11) is 2.11. The van der Waals surface area contributed by atoms with Gasteiger partial charge in [-0.1, -0.05) is 42.5 Å². The van der Waals surface area contributed by atoms with Crippen molar-refractivity contribution in [3.8, 4) is 0 Å². The van der Waals surface area contributed by atoms with Crippen LogP contribution in [0.15, 0.2) is 54.6 Å². The highest BCUT2D eigenvalue weighted by Crippen LogP contribution is 2.30. The first kappa shape index (κ1) is 13.8. The summed E-state index contributed by atoms with van der Waals surface area (Å²) in [6.07, 6.45) is 0.524. The number of hydrogen-bond acceptors (Lipinski definition) is 2. The number of amides is 1. The van der Waals surface area contributed by atoms with Crippen LogP contribution in [-0.2, 0) is 11.3 Å². The highest BCUT2D eigenvalue weighted by atomic mass is 16.1. The number of benzene rings is 2. The lowest BCUT2D eigenvalue weighted by molar-refractivity contribution is -0.116. The van der Waals surface area contributed by atoms with Crippen molar-refractivity contribution in [3.63, 3.8) is 0 Å². The first-order valence-electron chi connectivity index (χ1n) is 7.33. The van der Waals surface area contributed by atoms with Crippen LogP contribution in [0.4, 0.5) is 5.69 Å². The zero-order chi connectivity index (χ0) is 14.7. The Bertz CT molecular complexity index is 624. The second kappa shape index (κ2) is 6.10. The summed E-state index contributed by atoms with van der Waals surface area (Å²) in [5.41, 5.74) is 3.52. The lowest BCUT2D eigenvalue weighted by Gasteiger charge is -2.31. The Hall–Kier alpha value is -2.13. The van der Waals surface area contributed by atoms with E-state index in [9.17, 15) is 4.79 Å². The smallest absolute Gasteiger partial charge is 0.225 e. The molecule has 1 heterocycles. The van der Waals surface area contributed by atoms with Crippen LogP contribution < -0.4 is 5.32 Å². The predicted molar refractivity (Wildman–Crippen MR) is 85.2 cm³/mol. The first-order chi connectivity index (χ1) is 10.2. The summed E-state index contributed by atoms with van der Waals surface area (Å²) in [4.78, 5) is 14.5.